The van der Waals surface area contributed by atoms with E-state index in [9.17, 15) is 4.79 Å². The second kappa shape index (κ2) is 11.5. The molecule has 1 atom stereocenters. The van der Waals surface area contributed by atoms with Gasteiger partial charge < -0.3 is 16.0 Å². The summed E-state index contributed by atoms with van der Waals surface area (Å²) in [5.41, 5.74) is -0.371. The van der Waals surface area contributed by atoms with Gasteiger partial charge in [0.25, 0.3) is 0 Å². The van der Waals surface area contributed by atoms with Gasteiger partial charge in [-0.3, -0.25) is 4.79 Å². The number of carbonyl (C=O) groups is 1. The van der Waals surface area contributed by atoms with Crippen molar-refractivity contribution in [2.24, 2.45) is 0 Å². The highest BCUT2D eigenvalue weighted by molar-refractivity contribution is 5.86. The van der Waals surface area contributed by atoms with Gasteiger partial charge in [-0.25, -0.2) is 4.98 Å². The second-order valence-electron chi connectivity index (χ2n) is 5.82. The Morgan fingerprint density at radius 1 is 1.26 bits per heavy atom. The molecule has 1 amide bonds. The van der Waals surface area contributed by atoms with Gasteiger partial charge in [0.1, 0.15) is 5.82 Å². The highest BCUT2D eigenvalue weighted by Crippen LogP contribution is 2.18. The van der Waals surface area contributed by atoms with E-state index in [1.54, 1.807) is 6.20 Å². The third kappa shape index (κ3) is 7.38. The molecule has 5 nitrogen and oxygen atoms in total. The first-order chi connectivity index (χ1) is 10.2. The van der Waals surface area contributed by atoms with Gasteiger partial charge in [-0.2, -0.15) is 0 Å². The maximum Gasteiger partial charge on any atom is 0.240 e. The van der Waals surface area contributed by atoms with E-state index < -0.39 is 0 Å². The fourth-order valence-corrected chi connectivity index (χ4v) is 2.58. The van der Waals surface area contributed by atoms with Gasteiger partial charge in [0.2, 0.25) is 5.91 Å². The van der Waals surface area contributed by atoms with Crippen LogP contribution >= 0.6 is 24.8 Å². The number of unbranched alkanes of at least 4 members (excludes halogenated alkanes) is 1. The number of anilines is 1. The van der Waals surface area contributed by atoms with Crippen LogP contribution in [0.2, 0.25) is 0 Å². The van der Waals surface area contributed by atoms with Crippen LogP contribution in [0.1, 0.15) is 39.0 Å². The Morgan fingerprint density at radius 3 is 2.70 bits per heavy atom. The second-order valence-corrected chi connectivity index (χ2v) is 5.82. The molecule has 1 saturated heterocycles. The summed E-state index contributed by atoms with van der Waals surface area (Å²) in [5.74, 6) is 1.04. The average Bonchev–Trinajstić information content (AvgIpc) is 2.52. The van der Waals surface area contributed by atoms with Gasteiger partial charge in [0.15, 0.2) is 0 Å². The lowest BCUT2D eigenvalue weighted by atomic mass is 9.90. The molecule has 0 saturated carbocycles. The average molecular weight is 363 g/mol. The van der Waals surface area contributed by atoms with Gasteiger partial charge in [-0.1, -0.05) is 6.07 Å². The van der Waals surface area contributed by atoms with Gasteiger partial charge in [-0.05, 0) is 57.7 Å². The number of hydrogen-bond acceptors (Lipinski definition) is 4. The Kier molecular flexibility index (Phi) is 11.0. The topological polar surface area (TPSA) is 66.0 Å². The molecule has 1 aliphatic rings. The normalized spacial score (nSPS) is 19.9. The van der Waals surface area contributed by atoms with Gasteiger partial charge >= 0.3 is 0 Å². The summed E-state index contributed by atoms with van der Waals surface area (Å²) in [7, 11) is 0. The number of carbonyl (C=O) groups excluding carboxylic acids is 1. The smallest absolute Gasteiger partial charge is 0.240 e. The summed E-state index contributed by atoms with van der Waals surface area (Å²) >= 11 is 0. The van der Waals surface area contributed by atoms with Crippen LogP contribution in [0.4, 0.5) is 5.82 Å². The zero-order valence-electron chi connectivity index (χ0n) is 13.6. The minimum atomic E-state index is -0.371. The van der Waals surface area contributed by atoms with E-state index in [0.29, 0.717) is 0 Å². The fourth-order valence-electron chi connectivity index (χ4n) is 2.58. The number of nitrogens with zero attached hydrogens (tertiary/aromatic N) is 1. The van der Waals surface area contributed by atoms with Crippen LogP contribution in [-0.4, -0.2) is 36.1 Å². The van der Waals surface area contributed by atoms with Crippen LogP contribution in [0, 0.1) is 0 Å². The number of amides is 1. The predicted molar refractivity (Wildman–Crippen MR) is 99.7 cm³/mol. The first-order valence-corrected chi connectivity index (χ1v) is 7.89. The lowest BCUT2D eigenvalue weighted by Crippen LogP contribution is -2.57. The zero-order chi connectivity index (χ0) is 15.0. The van der Waals surface area contributed by atoms with E-state index in [0.717, 1.165) is 51.1 Å². The van der Waals surface area contributed by atoms with Crippen molar-refractivity contribution >= 4 is 36.5 Å². The molecule has 0 aliphatic carbocycles. The number of hydrogen-bond donors (Lipinski definition) is 3. The number of pyridine rings is 1. The van der Waals surface area contributed by atoms with E-state index in [2.05, 4.69) is 20.9 Å². The number of piperidine rings is 1. The fraction of sp³-hybridized carbons (Fsp3) is 0.625. The van der Waals surface area contributed by atoms with Crippen LogP contribution < -0.4 is 16.0 Å². The quantitative estimate of drug-likeness (QED) is 0.652. The van der Waals surface area contributed by atoms with Crippen molar-refractivity contribution in [1.29, 1.82) is 0 Å². The lowest BCUT2D eigenvalue weighted by molar-refractivity contribution is -0.127. The van der Waals surface area contributed by atoms with Crippen molar-refractivity contribution < 1.29 is 4.79 Å². The molecule has 0 aromatic carbocycles. The van der Waals surface area contributed by atoms with Crippen molar-refractivity contribution in [3.05, 3.63) is 24.4 Å². The number of aromatic nitrogens is 1. The minimum Gasteiger partial charge on any atom is -0.370 e. The zero-order valence-corrected chi connectivity index (χ0v) is 15.3. The molecule has 0 bridgehead atoms. The van der Waals surface area contributed by atoms with E-state index in [-0.39, 0.29) is 36.3 Å². The Labute approximate surface area is 151 Å². The molecule has 1 fully saturated rings. The molecule has 7 heteroatoms. The largest absolute Gasteiger partial charge is 0.370 e. The Hall–Kier alpha value is -1.04. The van der Waals surface area contributed by atoms with Crippen molar-refractivity contribution in [3.63, 3.8) is 0 Å². The highest BCUT2D eigenvalue weighted by Gasteiger charge is 2.33. The molecule has 2 heterocycles. The molecular formula is C16H28Cl2N4O. The van der Waals surface area contributed by atoms with Gasteiger partial charge in [0, 0.05) is 19.3 Å². The molecule has 1 aromatic heterocycles. The molecule has 3 N–H and O–H groups in total. The minimum absolute atomic E-state index is 0. The Bertz CT molecular complexity index is 439. The predicted octanol–water partition coefficient (Wildman–Crippen LogP) is 2.77. The summed E-state index contributed by atoms with van der Waals surface area (Å²) in [5, 5.41) is 9.65. The van der Waals surface area contributed by atoms with Gasteiger partial charge in [-0.15, -0.1) is 24.8 Å². The summed E-state index contributed by atoms with van der Waals surface area (Å²) in [6, 6.07) is 5.82. The molecule has 0 spiro atoms. The maximum absolute atomic E-state index is 12.2. The van der Waals surface area contributed by atoms with Crippen LogP contribution in [0.5, 0.6) is 0 Å². The first-order valence-electron chi connectivity index (χ1n) is 7.89. The molecule has 1 aromatic rings. The van der Waals surface area contributed by atoms with E-state index >= 15 is 0 Å². The Morgan fingerprint density at radius 2 is 2.04 bits per heavy atom. The third-order valence-electron chi connectivity index (χ3n) is 3.98. The molecule has 1 unspecified atom stereocenters. The summed E-state index contributed by atoms with van der Waals surface area (Å²) in [6.45, 7) is 4.56. The molecule has 0 radical (unpaired) electrons. The lowest BCUT2D eigenvalue weighted by Gasteiger charge is -2.33. The molecule has 2 rings (SSSR count). The van der Waals surface area contributed by atoms with Crippen LogP contribution in [0.3, 0.4) is 0 Å². The molecular weight excluding hydrogens is 335 g/mol. The highest BCUT2D eigenvalue weighted by atomic mass is 35.5. The maximum atomic E-state index is 12.2. The third-order valence-corrected chi connectivity index (χ3v) is 3.98. The van der Waals surface area contributed by atoms with Crippen LogP contribution in [0.15, 0.2) is 24.4 Å². The monoisotopic (exact) mass is 362 g/mol. The van der Waals surface area contributed by atoms with E-state index in [1.807, 2.05) is 25.1 Å². The first kappa shape index (κ1) is 22.0. The van der Waals surface area contributed by atoms with E-state index in [1.165, 1.54) is 6.42 Å². The number of halogens is 2. The number of nitrogens with one attached hydrogen (secondary N) is 3. The van der Waals surface area contributed by atoms with Crippen LogP contribution in [0.25, 0.3) is 0 Å². The van der Waals surface area contributed by atoms with Crippen molar-refractivity contribution in [2.45, 2.75) is 44.6 Å². The SMILES string of the molecule is CC1(C(=O)NCCCCNc2ccccn2)CCCCN1.Cl.Cl. The van der Waals surface area contributed by atoms with Gasteiger partial charge in [0.05, 0.1) is 5.54 Å². The molecule has 23 heavy (non-hydrogen) atoms. The van der Waals surface area contributed by atoms with Crippen LogP contribution in [-0.2, 0) is 4.79 Å². The number of rotatable bonds is 7. The molecule has 1 aliphatic heterocycles. The molecule has 132 valence electrons. The summed E-state index contributed by atoms with van der Waals surface area (Å²) < 4.78 is 0. The van der Waals surface area contributed by atoms with E-state index in [4.69, 9.17) is 0 Å². The van der Waals surface area contributed by atoms with Crippen molar-refractivity contribution in [2.75, 3.05) is 25.0 Å². The standard InChI is InChI=1S/C16H26N4O.2ClH/c1-16(9-3-5-13-20-16)15(21)19-12-7-6-11-18-14-8-2-4-10-17-14;;/h2,4,8,10,20H,3,5-7,9,11-13H2,1H3,(H,17,18)(H,19,21);2*1H. The summed E-state index contributed by atoms with van der Waals surface area (Å²) in [6.07, 6.45) is 7.00. The van der Waals surface area contributed by atoms with Crippen molar-refractivity contribution in [1.82, 2.24) is 15.6 Å². The Balaban J connectivity index is 0.00000242. The summed E-state index contributed by atoms with van der Waals surface area (Å²) in [4.78, 5) is 16.4. The van der Waals surface area contributed by atoms with Crippen molar-refractivity contribution in [3.8, 4) is 0 Å².